The molecule has 0 saturated heterocycles. The molecule has 0 saturated carbocycles. The standard InChI is InChI=1S/C14H11F3N2O/c1-7-4-8(2-3-10(7)15)19-14(20)9-5-11(16)12(17)6-13(9)18/h2-6H,18H2,1H3,(H,19,20). The predicted octanol–water partition coefficient (Wildman–Crippen LogP) is 3.25. The molecule has 3 N–H and O–H groups in total. The Balaban J connectivity index is 2.28. The normalized spacial score (nSPS) is 10.4. The van der Waals surface area contributed by atoms with Crippen molar-refractivity contribution in [3.05, 3.63) is 58.9 Å². The van der Waals surface area contributed by atoms with Gasteiger partial charge in [0.15, 0.2) is 11.6 Å². The summed E-state index contributed by atoms with van der Waals surface area (Å²) in [7, 11) is 0. The Labute approximate surface area is 113 Å². The average Bonchev–Trinajstić information content (AvgIpc) is 2.38. The number of nitrogens with one attached hydrogen (secondary N) is 1. The molecular formula is C14H11F3N2O. The van der Waals surface area contributed by atoms with Crippen molar-refractivity contribution in [1.29, 1.82) is 0 Å². The van der Waals surface area contributed by atoms with Gasteiger partial charge in [-0.25, -0.2) is 13.2 Å². The van der Waals surface area contributed by atoms with E-state index in [4.69, 9.17) is 5.73 Å². The minimum atomic E-state index is -1.17. The molecule has 2 aromatic carbocycles. The van der Waals surface area contributed by atoms with Crippen LogP contribution < -0.4 is 11.1 Å². The molecular weight excluding hydrogens is 269 g/mol. The highest BCUT2D eigenvalue weighted by Gasteiger charge is 2.14. The van der Waals surface area contributed by atoms with Crippen LogP contribution in [0.4, 0.5) is 24.5 Å². The van der Waals surface area contributed by atoms with E-state index in [1.807, 2.05) is 0 Å². The average molecular weight is 280 g/mol. The fourth-order valence-corrected chi connectivity index (χ4v) is 1.68. The minimum Gasteiger partial charge on any atom is -0.398 e. The number of amides is 1. The van der Waals surface area contributed by atoms with Gasteiger partial charge in [0.25, 0.3) is 5.91 Å². The summed E-state index contributed by atoms with van der Waals surface area (Å²) in [6, 6.07) is 5.43. The number of hydrogen-bond acceptors (Lipinski definition) is 2. The van der Waals surface area contributed by atoms with E-state index in [2.05, 4.69) is 5.32 Å². The molecule has 0 heterocycles. The molecule has 0 atom stereocenters. The quantitative estimate of drug-likeness (QED) is 0.830. The Bertz CT molecular complexity index is 686. The van der Waals surface area contributed by atoms with Gasteiger partial charge in [-0.1, -0.05) is 0 Å². The van der Waals surface area contributed by atoms with Crippen molar-refractivity contribution in [2.45, 2.75) is 6.92 Å². The van der Waals surface area contributed by atoms with Gasteiger partial charge in [0, 0.05) is 17.4 Å². The molecule has 0 spiro atoms. The second-order valence-electron chi connectivity index (χ2n) is 4.27. The van der Waals surface area contributed by atoms with Gasteiger partial charge in [-0.15, -0.1) is 0 Å². The molecule has 6 heteroatoms. The molecule has 0 aliphatic carbocycles. The minimum absolute atomic E-state index is 0.180. The molecule has 2 rings (SSSR count). The lowest BCUT2D eigenvalue weighted by molar-refractivity contribution is 0.102. The van der Waals surface area contributed by atoms with Gasteiger partial charge in [-0.2, -0.15) is 0 Å². The molecule has 3 nitrogen and oxygen atoms in total. The Morgan fingerprint density at radius 3 is 2.35 bits per heavy atom. The van der Waals surface area contributed by atoms with Gasteiger partial charge in [0.2, 0.25) is 0 Å². The summed E-state index contributed by atoms with van der Waals surface area (Å²) in [5.74, 6) is -3.40. The lowest BCUT2D eigenvalue weighted by atomic mass is 10.1. The predicted molar refractivity (Wildman–Crippen MR) is 69.9 cm³/mol. The highest BCUT2D eigenvalue weighted by Crippen LogP contribution is 2.20. The maximum atomic E-state index is 13.1. The van der Waals surface area contributed by atoms with Gasteiger partial charge in [-0.3, -0.25) is 4.79 Å². The Kier molecular flexibility index (Phi) is 3.65. The second kappa shape index (κ2) is 5.24. The van der Waals surface area contributed by atoms with Crippen LogP contribution in [0.5, 0.6) is 0 Å². The maximum absolute atomic E-state index is 13.1. The zero-order valence-electron chi connectivity index (χ0n) is 10.5. The Hall–Kier alpha value is -2.50. The van der Waals surface area contributed by atoms with Gasteiger partial charge in [0.05, 0.1) is 5.56 Å². The molecule has 0 radical (unpaired) electrons. The maximum Gasteiger partial charge on any atom is 0.257 e. The van der Waals surface area contributed by atoms with E-state index in [0.717, 1.165) is 12.1 Å². The third-order valence-electron chi connectivity index (χ3n) is 2.75. The first kappa shape index (κ1) is 13.9. The molecule has 20 heavy (non-hydrogen) atoms. The number of halogens is 3. The SMILES string of the molecule is Cc1cc(NC(=O)c2cc(F)c(F)cc2N)ccc1F. The summed E-state index contributed by atoms with van der Waals surface area (Å²) < 4.78 is 39.1. The van der Waals surface area contributed by atoms with Crippen LogP contribution in [0.3, 0.4) is 0 Å². The molecule has 104 valence electrons. The van der Waals surface area contributed by atoms with Crippen LogP contribution >= 0.6 is 0 Å². The summed E-state index contributed by atoms with van der Waals surface area (Å²) >= 11 is 0. The van der Waals surface area contributed by atoms with E-state index in [-0.39, 0.29) is 11.3 Å². The number of carbonyl (C=O) groups excluding carboxylic acids is 1. The van der Waals surface area contributed by atoms with Crippen LogP contribution in [-0.2, 0) is 0 Å². The fourth-order valence-electron chi connectivity index (χ4n) is 1.68. The van der Waals surface area contributed by atoms with Crippen molar-refractivity contribution in [2.75, 3.05) is 11.1 Å². The van der Waals surface area contributed by atoms with Gasteiger partial charge in [0.1, 0.15) is 5.82 Å². The summed E-state index contributed by atoms with van der Waals surface area (Å²) in [6.45, 7) is 1.54. The number of benzene rings is 2. The lowest BCUT2D eigenvalue weighted by Gasteiger charge is -2.09. The van der Waals surface area contributed by atoms with Crippen molar-refractivity contribution < 1.29 is 18.0 Å². The molecule has 0 aliphatic heterocycles. The second-order valence-corrected chi connectivity index (χ2v) is 4.27. The van der Waals surface area contributed by atoms with Crippen molar-refractivity contribution >= 4 is 17.3 Å². The fraction of sp³-hybridized carbons (Fsp3) is 0.0714. The third-order valence-corrected chi connectivity index (χ3v) is 2.75. The highest BCUT2D eigenvalue weighted by molar-refractivity contribution is 6.07. The number of hydrogen-bond donors (Lipinski definition) is 2. The third kappa shape index (κ3) is 2.74. The molecule has 1 amide bonds. The van der Waals surface area contributed by atoms with Crippen LogP contribution in [0.2, 0.25) is 0 Å². The monoisotopic (exact) mass is 280 g/mol. The Morgan fingerprint density at radius 2 is 1.70 bits per heavy atom. The van der Waals surface area contributed by atoms with E-state index in [9.17, 15) is 18.0 Å². The number of aryl methyl sites for hydroxylation is 1. The smallest absolute Gasteiger partial charge is 0.257 e. The number of carbonyl (C=O) groups is 1. The van der Waals surface area contributed by atoms with E-state index < -0.39 is 23.4 Å². The largest absolute Gasteiger partial charge is 0.398 e. The first-order valence-electron chi connectivity index (χ1n) is 5.70. The zero-order valence-corrected chi connectivity index (χ0v) is 10.5. The number of nitrogen functional groups attached to an aromatic ring is 1. The van der Waals surface area contributed by atoms with Gasteiger partial charge in [-0.05, 0) is 36.8 Å². The number of nitrogens with two attached hydrogens (primary N) is 1. The molecule has 0 bridgehead atoms. The van der Waals surface area contributed by atoms with Gasteiger partial charge >= 0.3 is 0 Å². The molecule has 0 aromatic heterocycles. The van der Waals surface area contributed by atoms with E-state index in [0.29, 0.717) is 11.3 Å². The first-order valence-corrected chi connectivity index (χ1v) is 5.70. The van der Waals surface area contributed by atoms with Crippen molar-refractivity contribution in [2.24, 2.45) is 0 Å². The lowest BCUT2D eigenvalue weighted by Crippen LogP contribution is -2.15. The van der Waals surface area contributed by atoms with E-state index in [1.54, 1.807) is 0 Å². The highest BCUT2D eigenvalue weighted by atomic mass is 19.2. The van der Waals surface area contributed by atoms with Crippen LogP contribution in [0.1, 0.15) is 15.9 Å². The van der Waals surface area contributed by atoms with Crippen molar-refractivity contribution in [3.8, 4) is 0 Å². The van der Waals surface area contributed by atoms with E-state index >= 15 is 0 Å². The summed E-state index contributed by atoms with van der Waals surface area (Å²) in [5, 5.41) is 2.44. The molecule has 2 aromatic rings. The van der Waals surface area contributed by atoms with Crippen molar-refractivity contribution in [1.82, 2.24) is 0 Å². The van der Waals surface area contributed by atoms with Crippen LogP contribution in [0.15, 0.2) is 30.3 Å². The first-order chi connectivity index (χ1) is 9.38. The molecule has 0 aliphatic rings. The summed E-state index contributed by atoms with van der Waals surface area (Å²) in [5.41, 5.74) is 5.78. The van der Waals surface area contributed by atoms with Crippen LogP contribution in [-0.4, -0.2) is 5.91 Å². The molecule has 0 fully saturated rings. The zero-order chi connectivity index (χ0) is 14.9. The van der Waals surface area contributed by atoms with E-state index in [1.165, 1.54) is 25.1 Å². The number of anilines is 2. The molecule has 0 unspecified atom stereocenters. The number of rotatable bonds is 2. The topological polar surface area (TPSA) is 55.1 Å². The van der Waals surface area contributed by atoms with Crippen LogP contribution in [0, 0.1) is 24.4 Å². The summed E-state index contributed by atoms with van der Waals surface area (Å²) in [4.78, 5) is 11.9. The summed E-state index contributed by atoms with van der Waals surface area (Å²) in [6.07, 6.45) is 0. The van der Waals surface area contributed by atoms with Gasteiger partial charge < -0.3 is 11.1 Å². The van der Waals surface area contributed by atoms with Crippen molar-refractivity contribution in [3.63, 3.8) is 0 Å². The Morgan fingerprint density at radius 1 is 1.05 bits per heavy atom. The van der Waals surface area contributed by atoms with Crippen LogP contribution in [0.25, 0.3) is 0 Å².